The first-order valence-corrected chi connectivity index (χ1v) is 14.8. The summed E-state index contributed by atoms with van der Waals surface area (Å²) in [6.07, 6.45) is 2.82. The standard InChI is InChI=1S/C32H30ClF3N6O3/c1-6-20(44)40-12-16(5)41-17(13-40)11-38-28-23-30(24(33)22(26(28)36)21-19(43)8-7-18(34)25(21)35)42(32(45)39-31(23)41)29-15(4)9-10-37-27(29)14(2)3/h6-10,14,16-17,38,43H,1,11-13H2,2-5H3. The molecule has 1 fully saturated rings. The van der Waals surface area contributed by atoms with Crippen LogP contribution in [0, 0.1) is 24.4 Å². The highest BCUT2D eigenvalue weighted by molar-refractivity contribution is 6.39. The predicted octanol–water partition coefficient (Wildman–Crippen LogP) is 5.67. The molecule has 2 aromatic heterocycles. The van der Waals surface area contributed by atoms with Crippen molar-refractivity contribution in [3.63, 3.8) is 0 Å². The van der Waals surface area contributed by atoms with E-state index < -0.39 is 51.1 Å². The summed E-state index contributed by atoms with van der Waals surface area (Å²) < 4.78 is 48.0. The fraction of sp³-hybridized carbons (Fsp3) is 0.312. The molecule has 4 heterocycles. The molecule has 4 aromatic rings. The Bertz CT molecular complexity index is 1980. The van der Waals surface area contributed by atoms with Gasteiger partial charge in [0.05, 0.1) is 44.6 Å². The van der Waals surface area contributed by atoms with Crippen LogP contribution in [0.25, 0.3) is 27.7 Å². The number of halogens is 4. The highest BCUT2D eigenvalue weighted by Crippen LogP contribution is 2.49. The molecule has 1 amide bonds. The molecule has 13 heteroatoms. The van der Waals surface area contributed by atoms with E-state index >= 15 is 8.78 Å². The van der Waals surface area contributed by atoms with E-state index in [2.05, 4.69) is 21.9 Å². The summed E-state index contributed by atoms with van der Waals surface area (Å²) in [5.74, 6) is -4.98. The number of amides is 1. The van der Waals surface area contributed by atoms with E-state index in [0.29, 0.717) is 16.9 Å². The van der Waals surface area contributed by atoms with E-state index in [-0.39, 0.29) is 59.9 Å². The zero-order chi connectivity index (χ0) is 32.5. The molecule has 2 atom stereocenters. The molecule has 2 aliphatic rings. The third kappa shape index (κ3) is 4.61. The minimum atomic E-state index is -1.51. The minimum absolute atomic E-state index is 0.0240. The van der Waals surface area contributed by atoms with Crippen LogP contribution in [0.4, 0.5) is 24.7 Å². The van der Waals surface area contributed by atoms with Gasteiger partial charge in [0.2, 0.25) is 5.91 Å². The molecule has 0 spiro atoms. The molecule has 2 aliphatic heterocycles. The lowest BCUT2D eigenvalue weighted by Gasteiger charge is -2.45. The van der Waals surface area contributed by atoms with Crippen molar-refractivity contribution < 1.29 is 23.1 Å². The number of aromatic hydroxyl groups is 1. The van der Waals surface area contributed by atoms with Crippen LogP contribution in [0.3, 0.4) is 0 Å². The predicted molar refractivity (Wildman–Crippen MR) is 167 cm³/mol. The number of fused-ring (bicyclic) bond motifs is 2. The second kappa shape index (κ2) is 11.1. The first kappa shape index (κ1) is 30.4. The van der Waals surface area contributed by atoms with Crippen molar-refractivity contribution in [1.29, 1.82) is 0 Å². The molecule has 6 rings (SSSR count). The Hall–Kier alpha value is -4.58. The monoisotopic (exact) mass is 638 g/mol. The number of pyridine rings is 1. The number of aromatic nitrogens is 3. The van der Waals surface area contributed by atoms with Gasteiger partial charge < -0.3 is 20.2 Å². The van der Waals surface area contributed by atoms with Gasteiger partial charge in [-0.1, -0.05) is 32.0 Å². The molecular formula is C32H30ClF3N6O3. The summed E-state index contributed by atoms with van der Waals surface area (Å²) >= 11 is 7.00. The number of piperazine rings is 1. The Morgan fingerprint density at radius 3 is 2.60 bits per heavy atom. The third-order valence-corrected chi connectivity index (χ3v) is 8.84. The number of phenols is 1. The number of carbonyl (C=O) groups is 1. The molecular weight excluding hydrogens is 609 g/mol. The van der Waals surface area contributed by atoms with Crippen LogP contribution in [0.15, 0.2) is 41.8 Å². The normalized spacial score (nSPS) is 17.7. The number of benzene rings is 2. The number of phenolic OH excluding ortho intramolecular Hbond substituents is 1. The second-order valence-electron chi connectivity index (χ2n) is 11.7. The fourth-order valence-electron chi connectivity index (χ4n) is 6.50. The summed E-state index contributed by atoms with van der Waals surface area (Å²) in [4.78, 5) is 39.3. The smallest absolute Gasteiger partial charge is 0.354 e. The van der Waals surface area contributed by atoms with Gasteiger partial charge in [-0.25, -0.2) is 18.0 Å². The number of hydrogen-bond acceptors (Lipinski definition) is 7. The first-order chi connectivity index (χ1) is 21.4. The second-order valence-corrected chi connectivity index (χ2v) is 12.0. The lowest BCUT2D eigenvalue weighted by Crippen LogP contribution is -2.61. The van der Waals surface area contributed by atoms with Crippen molar-refractivity contribution >= 4 is 39.9 Å². The van der Waals surface area contributed by atoms with Crippen LogP contribution >= 0.6 is 11.6 Å². The van der Waals surface area contributed by atoms with Gasteiger partial charge in [0.1, 0.15) is 11.6 Å². The van der Waals surface area contributed by atoms with Crippen molar-refractivity contribution in [2.45, 2.75) is 45.7 Å². The molecule has 1 saturated heterocycles. The molecule has 2 aromatic carbocycles. The highest BCUT2D eigenvalue weighted by Gasteiger charge is 2.40. The number of nitrogens with one attached hydrogen (secondary N) is 1. The number of hydrogen-bond donors (Lipinski definition) is 2. The molecule has 0 saturated carbocycles. The van der Waals surface area contributed by atoms with Crippen LogP contribution < -0.4 is 15.9 Å². The average molecular weight is 639 g/mol. The third-order valence-electron chi connectivity index (χ3n) is 8.47. The molecule has 9 nitrogen and oxygen atoms in total. The minimum Gasteiger partial charge on any atom is -0.507 e. The van der Waals surface area contributed by atoms with Crippen LogP contribution in [-0.4, -0.2) is 62.2 Å². The quantitative estimate of drug-likeness (QED) is 0.278. The van der Waals surface area contributed by atoms with Gasteiger partial charge in [-0.15, -0.1) is 0 Å². The Morgan fingerprint density at radius 1 is 1.18 bits per heavy atom. The maximum atomic E-state index is 16.8. The molecule has 234 valence electrons. The van der Waals surface area contributed by atoms with E-state index in [4.69, 9.17) is 11.6 Å². The highest BCUT2D eigenvalue weighted by atomic mass is 35.5. The van der Waals surface area contributed by atoms with Crippen molar-refractivity contribution in [2.24, 2.45) is 0 Å². The van der Waals surface area contributed by atoms with Gasteiger partial charge >= 0.3 is 5.69 Å². The molecule has 2 N–H and O–H groups in total. The maximum absolute atomic E-state index is 16.8. The van der Waals surface area contributed by atoms with Crippen molar-refractivity contribution in [2.75, 3.05) is 29.9 Å². The number of rotatable bonds is 4. The van der Waals surface area contributed by atoms with Crippen LogP contribution in [-0.2, 0) is 4.79 Å². The molecule has 0 aliphatic carbocycles. The van der Waals surface area contributed by atoms with Gasteiger partial charge in [0.15, 0.2) is 17.5 Å². The Kier molecular flexibility index (Phi) is 7.51. The van der Waals surface area contributed by atoms with Gasteiger partial charge in [-0.3, -0.25) is 14.3 Å². The van der Waals surface area contributed by atoms with Crippen LogP contribution in [0.2, 0.25) is 5.02 Å². The number of aryl methyl sites for hydroxylation is 1. The van der Waals surface area contributed by atoms with Crippen molar-refractivity contribution in [3.8, 4) is 22.6 Å². The average Bonchev–Trinajstić information content (AvgIpc) is 3.16. The van der Waals surface area contributed by atoms with Crippen LogP contribution in [0.1, 0.15) is 37.9 Å². The zero-order valence-corrected chi connectivity index (χ0v) is 25.7. The number of nitrogens with zero attached hydrogens (tertiary/aromatic N) is 5. The van der Waals surface area contributed by atoms with E-state index in [0.717, 1.165) is 12.1 Å². The largest absolute Gasteiger partial charge is 0.507 e. The molecule has 0 bridgehead atoms. The Morgan fingerprint density at radius 2 is 1.91 bits per heavy atom. The topological polar surface area (TPSA) is 104 Å². The zero-order valence-electron chi connectivity index (χ0n) is 25.0. The SMILES string of the molecule is C=CC(=O)N1CC(C)N2c3nc(=O)n(-c4c(C)ccnc4C(C)C)c4c(Cl)c(-c5c(O)ccc(F)c5F)c(F)c(c34)NCC2C1. The lowest BCUT2D eigenvalue weighted by molar-refractivity contribution is -0.127. The lowest BCUT2D eigenvalue weighted by atomic mass is 9.98. The molecule has 0 radical (unpaired) electrons. The Balaban J connectivity index is 1.79. The number of anilines is 2. The summed E-state index contributed by atoms with van der Waals surface area (Å²) in [6, 6.07) is 2.48. The fourth-order valence-corrected chi connectivity index (χ4v) is 6.85. The van der Waals surface area contributed by atoms with E-state index in [9.17, 15) is 19.1 Å². The van der Waals surface area contributed by atoms with Gasteiger partial charge in [0.25, 0.3) is 0 Å². The maximum Gasteiger partial charge on any atom is 0.354 e. The van der Waals surface area contributed by atoms with E-state index in [1.807, 2.05) is 25.7 Å². The summed E-state index contributed by atoms with van der Waals surface area (Å²) in [5, 5.41) is 13.5. The van der Waals surface area contributed by atoms with Gasteiger partial charge in [-0.05, 0) is 49.6 Å². The van der Waals surface area contributed by atoms with Crippen molar-refractivity contribution in [1.82, 2.24) is 19.4 Å². The summed E-state index contributed by atoms with van der Waals surface area (Å²) in [6.45, 7) is 11.6. The Labute approximate surface area is 261 Å². The van der Waals surface area contributed by atoms with E-state index in [1.54, 1.807) is 24.1 Å². The van der Waals surface area contributed by atoms with Crippen molar-refractivity contribution in [3.05, 3.63) is 81.3 Å². The van der Waals surface area contributed by atoms with E-state index in [1.165, 1.54) is 10.6 Å². The van der Waals surface area contributed by atoms with Gasteiger partial charge in [0, 0.05) is 37.4 Å². The summed E-state index contributed by atoms with van der Waals surface area (Å²) in [5.41, 5.74) is -0.843. The molecule has 2 unspecified atom stereocenters. The first-order valence-electron chi connectivity index (χ1n) is 14.4. The number of carbonyl (C=O) groups excluding carboxylic acids is 1. The molecule has 45 heavy (non-hydrogen) atoms. The van der Waals surface area contributed by atoms with Gasteiger partial charge in [-0.2, -0.15) is 4.98 Å². The van der Waals surface area contributed by atoms with Crippen LogP contribution in [0.5, 0.6) is 5.75 Å². The summed E-state index contributed by atoms with van der Waals surface area (Å²) in [7, 11) is 0.